The van der Waals surface area contributed by atoms with E-state index < -0.39 is 11.8 Å². The average molecular weight is 431 g/mol. The molecule has 27 heavy (non-hydrogen) atoms. The molecule has 0 unspecified atom stereocenters. The van der Waals surface area contributed by atoms with Crippen LogP contribution in [-0.2, 0) is 4.79 Å². The van der Waals surface area contributed by atoms with Gasteiger partial charge in [0, 0.05) is 11.8 Å². The van der Waals surface area contributed by atoms with Gasteiger partial charge in [-0.3, -0.25) is 9.59 Å². The van der Waals surface area contributed by atoms with Gasteiger partial charge in [0.05, 0.1) is 13.4 Å². The predicted molar refractivity (Wildman–Crippen MR) is 102 cm³/mol. The van der Waals surface area contributed by atoms with Crippen LogP contribution < -0.4 is 15.4 Å². The summed E-state index contributed by atoms with van der Waals surface area (Å²) in [5, 5.41) is 5.25. The van der Waals surface area contributed by atoms with E-state index in [1.165, 1.54) is 18.4 Å². The molecule has 0 bridgehead atoms. The van der Waals surface area contributed by atoms with Gasteiger partial charge in [-0.15, -0.1) is 0 Å². The molecule has 0 saturated heterocycles. The number of amides is 2. The standard InChI is InChI=1S/C19H15BrN2O5/c1-25-13-6-4-12(5-7-13)21-18(23)15(11-14-3-2-10-26-14)22-19(24)16-8-9-17(20)27-16/h2-11H,1H3,(H,21,23)(H,22,24)/b15-11+. The van der Waals surface area contributed by atoms with Gasteiger partial charge in [0.15, 0.2) is 10.4 Å². The Balaban J connectivity index is 1.80. The number of halogens is 1. The fraction of sp³-hybridized carbons (Fsp3) is 0.0526. The lowest BCUT2D eigenvalue weighted by Crippen LogP contribution is -2.30. The normalized spacial score (nSPS) is 11.1. The molecule has 3 aromatic rings. The Morgan fingerprint density at radius 3 is 2.48 bits per heavy atom. The fourth-order valence-electron chi connectivity index (χ4n) is 2.17. The van der Waals surface area contributed by atoms with Crippen molar-refractivity contribution >= 4 is 39.5 Å². The number of furan rings is 2. The number of hydrogen-bond acceptors (Lipinski definition) is 5. The lowest BCUT2D eigenvalue weighted by molar-refractivity contribution is -0.113. The highest BCUT2D eigenvalue weighted by Crippen LogP contribution is 2.17. The van der Waals surface area contributed by atoms with E-state index in [2.05, 4.69) is 26.6 Å². The SMILES string of the molecule is COc1ccc(NC(=O)/C(=C\c2ccco2)NC(=O)c2ccc(Br)o2)cc1. The smallest absolute Gasteiger partial charge is 0.291 e. The van der Waals surface area contributed by atoms with E-state index in [1.54, 1.807) is 49.6 Å². The largest absolute Gasteiger partial charge is 0.497 e. The first-order valence-electron chi connectivity index (χ1n) is 7.82. The zero-order valence-electron chi connectivity index (χ0n) is 14.2. The summed E-state index contributed by atoms with van der Waals surface area (Å²) in [5.41, 5.74) is 0.541. The third-order valence-corrected chi connectivity index (χ3v) is 3.89. The highest BCUT2D eigenvalue weighted by atomic mass is 79.9. The minimum Gasteiger partial charge on any atom is -0.497 e. The van der Waals surface area contributed by atoms with Crippen LogP contribution in [0.4, 0.5) is 5.69 Å². The van der Waals surface area contributed by atoms with E-state index >= 15 is 0 Å². The molecule has 0 saturated carbocycles. The van der Waals surface area contributed by atoms with Crippen molar-refractivity contribution in [3.05, 3.63) is 76.7 Å². The van der Waals surface area contributed by atoms with E-state index in [-0.39, 0.29) is 11.5 Å². The minimum absolute atomic E-state index is 0.00158. The van der Waals surface area contributed by atoms with Gasteiger partial charge in [0.2, 0.25) is 0 Å². The molecule has 138 valence electrons. The van der Waals surface area contributed by atoms with Crippen molar-refractivity contribution in [1.29, 1.82) is 0 Å². The van der Waals surface area contributed by atoms with Crippen molar-refractivity contribution in [3.63, 3.8) is 0 Å². The molecule has 0 radical (unpaired) electrons. The van der Waals surface area contributed by atoms with Crippen LogP contribution in [0.25, 0.3) is 6.08 Å². The number of hydrogen-bond donors (Lipinski definition) is 2. The van der Waals surface area contributed by atoms with Crippen molar-refractivity contribution in [3.8, 4) is 5.75 Å². The molecule has 0 aliphatic heterocycles. The number of ether oxygens (including phenoxy) is 1. The molecule has 1 aromatic carbocycles. The number of benzene rings is 1. The molecule has 7 nitrogen and oxygen atoms in total. The minimum atomic E-state index is -0.566. The summed E-state index contributed by atoms with van der Waals surface area (Å²) >= 11 is 3.13. The van der Waals surface area contributed by atoms with Crippen molar-refractivity contribution in [1.82, 2.24) is 5.32 Å². The van der Waals surface area contributed by atoms with E-state index in [1.807, 2.05) is 0 Å². The summed E-state index contributed by atoms with van der Waals surface area (Å²) in [6, 6.07) is 13.2. The van der Waals surface area contributed by atoms with Gasteiger partial charge in [0.1, 0.15) is 17.2 Å². The first-order valence-corrected chi connectivity index (χ1v) is 8.62. The Morgan fingerprint density at radius 2 is 1.89 bits per heavy atom. The highest BCUT2D eigenvalue weighted by molar-refractivity contribution is 9.10. The van der Waals surface area contributed by atoms with Crippen LogP contribution in [0.2, 0.25) is 0 Å². The third kappa shape index (κ3) is 4.89. The van der Waals surface area contributed by atoms with E-state index in [9.17, 15) is 9.59 Å². The van der Waals surface area contributed by atoms with Crippen LogP contribution in [0.15, 0.2) is 74.0 Å². The summed E-state index contributed by atoms with van der Waals surface area (Å²) in [7, 11) is 1.56. The maximum atomic E-state index is 12.7. The van der Waals surface area contributed by atoms with Crippen molar-refractivity contribution in [2.45, 2.75) is 0 Å². The van der Waals surface area contributed by atoms with Gasteiger partial charge in [-0.1, -0.05) is 0 Å². The van der Waals surface area contributed by atoms with Gasteiger partial charge in [-0.05, 0) is 64.5 Å². The number of nitrogens with one attached hydrogen (secondary N) is 2. The molecule has 2 amide bonds. The Labute approximate surface area is 163 Å². The van der Waals surface area contributed by atoms with Crippen LogP contribution in [0.3, 0.4) is 0 Å². The molecule has 0 aliphatic carbocycles. The van der Waals surface area contributed by atoms with Gasteiger partial charge in [-0.2, -0.15) is 0 Å². The van der Waals surface area contributed by atoms with Gasteiger partial charge < -0.3 is 24.2 Å². The summed E-state index contributed by atoms with van der Waals surface area (Å²) in [6.07, 6.45) is 2.89. The molecular formula is C19H15BrN2O5. The maximum Gasteiger partial charge on any atom is 0.291 e. The molecular weight excluding hydrogens is 416 g/mol. The summed E-state index contributed by atoms with van der Waals surface area (Å²) in [4.78, 5) is 25.0. The number of rotatable bonds is 6. The number of carbonyl (C=O) groups excluding carboxylic acids is 2. The average Bonchev–Trinajstić information content (AvgIpc) is 3.33. The zero-order chi connectivity index (χ0) is 19.2. The van der Waals surface area contributed by atoms with Gasteiger partial charge in [0.25, 0.3) is 11.8 Å². The molecule has 2 heterocycles. The molecule has 0 aliphatic rings. The second-order valence-corrected chi connectivity index (χ2v) is 6.10. The summed E-state index contributed by atoms with van der Waals surface area (Å²) in [5.74, 6) is 0.0512. The van der Waals surface area contributed by atoms with Crippen LogP contribution in [0.1, 0.15) is 16.3 Å². The number of methoxy groups -OCH3 is 1. The lowest BCUT2D eigenvalue weighted by atomic mass is 10.2. The van der Waals surface area contributed by atoms with Crippen LogP contribution in [0.5, 0.6) is 5.75 Å². The number of anilines is 1. The van der Waals surface area contributed by atoms with Crippen molar-refractivity contribution in [2.75, 3.05) is 12.4 Å². The first-order chi connectivity index (χ1) is 13.0. The van der Waals surface area contributed by atoms with Gasteiger partial charge in [-0.25, -0.2) is 0 Å². The Bertz CT molecular complexity index is 958. The molecule has 8 heteroatoms. The Kier molecular flexibility index (Phi) is 5.77. The van der Waals surface area contributed by atoms with Crippen LogP contribution >= 0.6 is 15.9 Å². The molecule has 2 aromatic heterocycles. The molecule has 2 N–H and O–H groups in total. The second kappa shape index (κ2) is 8.41. The molecule has 0 fully saturated rings. The molecule has 0 spiro atoms. The zero-order valence-corrected chi connectivity index (χ0v) is 15.8. The van der Waals surface area contributed by atoms with E-state index in [4.69, 9.17) is 13.6 Å². The molecule has 0 atom stereocenters. The summed E-state index contributed by atoms with van der Waals surface area (Å²) < 4.78 is 15.9. The Morgan fingerprint density at radius 1 is 1.11 bits per heavy atom. The number of carbonyl (C=O) groups is 2. The van der Waals surface area contributed by atoms with E-state index in [0.29, 0.717) is 21.9 Å². The second-order valence-electron chi connectivity index (χ2n) is 5.31. The predicted octanol–water partition coefficient (Wildman–Crippen LogP) is 4.05. The first kappa shape index (κ1) is 18.5. The van der Waals surface area contributed by atoms with Crippen LogP contribution in [-0.4, -0.2) is 18.9 Å². The lowest BCUT2D eigenvalue weighted by Gasteiger charge is -2.10. The third-order valence-electron chi connectivity index (χ3n) is 3.47. The van der Waals surface area contributed by atoms with Crippen LogP contribution in [0, 0.1) is 0 Å². The Hall–Kier alpha value is -3.26. The van der Waals surface area contributed by atoms with Crippen molar-refractivity contribution in [2.24, 2.45) is 0 Å². The van der Waals surface area contributed by atoms with Crippen molar-refractivity contribution < 1.29 is 23.2 Å². The maximum absolute atomic E-state index is 12.7. The van der Waals surface area contributed by atoms with Gasteiger partial charge >= 0.3 is 0 Å². The summed E-state index contributed by atoms with van der Waals surface area (Å²) in [6.45, 7) is 0. The fourth-order valence-corrected chi connectivity index (χ4v) is 2.47. The highest BCUT2D eigenvalue weighted by Gasteiger charge is 2.18. The monoisotopic (exact) mass is 430 g/mol. The molecule has 3 rings (SSSR count). The quantitative estimate of drug-likeness (QED) is 0.575. The van der Waals surface area contributed by atoms with E-state index in [0.717, 1.165) is 0 Å². The topological polar surface area (TPSA) is 93.7 Å².